The topological polar surface area (TPSA) is 69.6 Å². The highest BCUT2D eigenvalue weighted by Crippen LogP contribution is 2.68. The van der Waals surface area contributed by atoms with Crippen molar-refractivity contribution in [2.75, 3.05) is 33.7 Å². The first-order valence-corrected chi connectivity index (χ1v) is 14.9. The molecular weight excluding hydrogens is 563 g/mol. The van der Waals surface area contributed by atoms with Crippen molar-refractivity contribution < 1.29 is 43.5 Å². The van der Waals surface area contributed by atoms with E-state index < -0.39 is 0 Å². The number of hydrogen-bond donors (Lipinski definition) is 3. The van der Waals surface area contributed by atoms with Crippen LogP contribution in [-0.4, -0.2) is 66.5 Å². The summed E-state index contributed by atoms with van der Waals surface area (Å²) >= 11 is 0. The van der Waals surface area contributed by atoms with Gasteiger partial charge in [-0.3, -0.25) is 4.79 Å². The van der Waals surface area contributed by atoms with Crippen LogP contribution in [0.15, 0.2) is 0 Å². The number of aliphatic hydroxyl groups is 2. The first-order chi connectivity index (χ1) is 16.4. The maximum absolute atomic E-state index is 12.6. The largest absolute Gasteiger partial charge is 1.00 e. The highest BCUT2D eigenvalue weighted by molar-refractivity contribution is 5.75. The molecule has 4 aliphatic rings. The minimum atomic E-state index is -0.242. The fourth-order valence-corrected chi connectivity index (χ4v) is 9.46. The van der Waals surface area contributed by atoms with Crippen molar-refractivity contribution in [3.05, 3.63) is 0 Å². The van der Waals surface area contributed by atoms with Gasteiger partial charge in [-0.1, -0.05) is 20.8 Å². The third kappa shape index (κ3) is 5.67. The first-order valence-electron chi connectivity index (χ1n) is 14.9. The molecule has 0 heterocycles. The van der Waals surface area contributed by atoms with Gasteiger partial charge in [0.25, 0.3) is 0 Å². The van der Waals surface area contributed by atoms with E-state index >= 15 is 0 Å². The maximum Gasteiger partial charge on any atom is 0.220 e. The van der Waals surface area contributed by atoms with Crippen LogP contribution in [0, 0.1) is 46.3 Å². The van der Waals surface area contributed by atoms with Gasteiger partial charge >= 0.3 is 0 Å². The van der Waals surface area contributed by atoms with Gasteiger partial charge in [0.15, 0.2) is 0 Å². The highest BCUT2D eigenvalue weighted by Gasteiger charge is 2.63. The predicted octanol–water partition coefficient (Wildman–Crippen LogP) is 1.61. The van der Waals surface area contributed by atoms with Crippen LogP contribution in [0.5, 0.6) is 0 Å². The lowest BCUT2D eigenvalue weighted by molar-refractivity contribution is -0.887. The Hall–Kier alpha value is 0.0800. The van der Waals surface area contributed by atoms with Gasteiger partial charge in [-0.05, 0) is 111 Å². The van der Waals surface area contributed by atoms with E-state index in [1.165, 1.54) is 25.7 Å². The molecule has 4 fully saturated rings. The number of amides is 1. The lowest BCUT2D eigenvalue weighted by atomic mass is 9.43. The molecule has 0 aromatic rings. The molecule has 0 spiro atoms. The summed E-state index contributed by atoms with van der Waals surface area (Å²) in [4.78, 5) is 12.6. The Morgan fingerprint density at radius 2 is 1.78 bits per heavy atom. The van der Waals surface area contributed by atoms with Crippen molar-refractivity contribution in [2.45, 2.75) is 104 Å². The smallest absolute Gasteiger partial charge is 0.220 e. The van der Waals surface area contributed by atoms with Crippen LogP contribution in [-0.2, 0) is 4.79 Å². The standard InChI is InChI=1S/C30H54N2O3.HI/c1-7-32(5,6)17-16-31-28(35)13-8-20(2)24-11-12-25-23-10-9-21-18-22(33)14-15-29(21,3)26(23)19-27(34)30(24,25)4;/h20-27,33-34H,7-19H2,1-6H3;1H/t20-,21?,22-,23?,24-,25?,26?,27+,29+,30-;/m1./s1. The van der Waals surface area contributed by atoms with Crippen molar-refractivity contribution in [3.63, 3.8) is 0 Å². The second-order valence-electron chi connectivity index (χ2n) is 14.2. The average molecular weight is 619 g/mol. The molecule has 4 aliphatic carbocycles. The molecular formula is C30H55IN2O3. The van der Waals surface area contributed by atoms with E-state index in [2.05, 4.69) is 47.1 Å². The van der Waals surface area contributed by atoms with E-state index in [1.807, 2.05) is 0 Å². The molecule has 4 saturated carbocycles. The fourth-order valence-electron chi connectivity index (χ4n) is 9.46. The number of likely N-dealkylation sites (N-methyl/N-ethyl adjacent to an activating group) is 1. The molecule has 0 aromatic carbocycles. The molecule has 0 aliphatic heterocycles. The minimum Gasteiger partial charge on any atom is -1.00 e. The zero-order valence-corrected chi connectivity index (χ0v) is 26.1. The number of carbonyl (C=O) groups is 1. The Morgan fingerprint density at radius 1 is 1.06 bits per heavy atom. The van der Waals surface area contributed by atoms with Gasteiger partial charge in [-0.25, -0.2) is 0 Å². The van der Waals surface area contributed by atoms with Crippen molar-refractivity contribution in [3.8, 4) is 0 Å². The molecule has 5 nitrogen and oxygen atoms in total. The Bertz CT molecular complexity index is 762. The van der Waals surface area contributed by atoms with Gasteiger partial charge in [0.05, 0.1) is 45.9 Å². The number of hydrogen-bond acceptors (Lipinski definition) is 3. The van der Waals surface area contributed by atoms with E-state index in [9.17, 15) is 15.0 Å². The minimum absolute atomic E-state index is 0. The van der Waals surface area contributed by atoms with E-state index in [1.54, 1.807) is 0 Å². The summed E-state index contributed by atoms with van der Waals surface area (Å²) in [5, 5.41) is 25.2. The number of fused-ring (bicyclic) bond motifs is 5. The number of nitrogens with one attached hydrogen (secondary N) is 1. The van der Waals surface area contributed by atoms with Crippen LogP contribution >= 0.6 is 0 Å². The molecule has 36 heavy (non-hydrogen) atoms. The summed E-state index contributed by atoms with van der Waals surface area (Å²) < 4.78 is 0.929. The lowest BCUT2D eigenvalue weighted by Gasteiger charge is -2.62. The van der Waals surface area contributed by atoms with E-state index in [4.69, 9.17) is 0 Å². The van der Waals surface area contributed by atoms with E-state index in [-0.39, 0.29) is 52.9 Å². The summed E-state index contributed by atoms with van der Waals surface area (Å²) in [7, 11) is 4.41. The van der Waals surface area contributed by atoms with Gasteiger partial charge < -0.3 is 44.0 Å². The van der Waals surface area contributed by atoms with Crippen LogP contribution in [0.4, 0.5) is 0 Å². The molecule has 4 rings (SSSR count). The summed E-state index contributed by atoms with van der Waals surface area (Å²) in [6, 6.07) is 0. The van der Waals surface area contributed by atoms with Crippen molar-refractivity contribution in [1.82, 2.24) is 5.32 Å². The van der Waals surface area contributed by atoms with Gasteiger partial charge in [-0.15, -0.1) is 0 Å². The SMILES string of the molecule is CC[N+](C)(C)CCNC(=O)CC[C@@H](C)[C@H]1CCC2C3CCC4C[C@H](O)CC[C@]4(C)C3C[C@H](O)[C@@]21C.[I-]. The fraction of sp³-hybridized carbons (Fsp3) is 0.967. The van der Waals surface area contributed by atoms with Gasteiger partial charge in [-0.2, -0.15) is 0 Å². The second kappa shape index (κ2) is 11.7. The summed E-state index contributed by atoms with van der Waals surface area (Å²) in [5.41, 5.74) is 0.272. The Morgan fingerprint density at radius 3 is 2.47 bits per heavy atom. The third-order valence-corrected chi connectivity index (χ3v) is 12.2. The Balaban J connectivity index is 0.00000361. The number of carbonyl (C=O) groups excluding carboxylic acids is 1. The number of halogens is 1. The second-order valence-corrected chi connectivity index (χ2v) is 14.2. The van der Waals surface area contributed by atoms with Crippen LogP contribution in [0.25, 0.3) is 0 Å². The van der Waals surface area contributed by atoms with Crippen LogP contribution in [0.3, 0.4) is 0 Å². The normalized spacial score (nSPS) is 42.9. The number of nitrogens with zero attached hydrogens (tertiary/aromatic N) is 1. The monoisotopic (exact) mass is 618 g/mol. The average Bonchev–Trinajstić information content (AvgIpc) is 3.17. The van der Waals surface area contributed by atoms with Crippen LogP contribution in [0.1, 0.15) is 91.9 Å². The molecule has 210 valence electrons. The van der Waals surface area contributed by atoms with E-state index in [0.29, 0.717) is 36.0 Å². The Kier molecular flexibility index (Phi) is 9.93. The third-order valence-electron chi connectivity index (χ3n) is 12.2. The number of rotatable bonds is 8. The molecule has 10 atom stereocenters. The molecule has 6 heteroatoms. The molecule has 0 aromatic heterocycles. The molecule has 0 bridgehead atoms. The molecule has 4 unspecified atom stereocenters. The molecule has 0 saturated heterocycles. The zero-order chi connectivity index (χ0) is 25.6. The van der Waals surface area contributed by atoms with Crippen molar-refractivity contribution in [1.29, 1.82) is 0 Å². The Labute approximate surface area is 238 Å². The lowest BCUT2D eigenvalue weighted by Crippen LogP contribution is -3.00. The molecule has 0 radical (unpaired) electrons. The first kappa shape index (κ1) is 30.6. The molecule has 1 amide bonds. The van der Waals surface area contributed by atoms with Gasteiger partial charge in [0, 0.05) is 6.42 Å². The number of quaternary nitrogens is 1. The zero-order valence-electron chi connectivity index (χ0n) is 23.9. The van der Waals surface area contributed by atoms with Crippen LogP contribution < -0.4 is 29.3 Å². The predicted molar refractivity (Wildman–Crippen MR) is 142 cm³/mol. The van der Waals surface area contributed by atoms with Crippen LogP contribution in [0.2, 0.25) is 0 Å². The number of aliphatic hydroxyl groups excluding tert-OH is 2. The van der Waals surface area contributed by atoms with Crippen molar-refractivity contribution in [2.24, 2.45) is 46.3 Å². The van der Waals surface area contributed by atoms with Crippen molar-refractivity contribution >= 4 is 5.91 Å². The van der Waals surface area contributed by atoms with Gasteiger partial charge in [0.1, 0.15) is 0 Å². The maximum atomic E-state index is 12.6. The molecule has 3 N–H and O–H groups in total. The van der Waals surface area contributed by atoms with E-state index in [0.717, 1.165) is 62.1 Å². The quantitative estimate of drug-likeness (QED) is 0.286. The highest BCUT2D eigenvalue weighted by atomic mass is 127. The van der Waals surface area contributed by atoms with Gasteiger partial charge in [0.2, 0.25) is 5.91 Å². The summed E-state index contributed by atoms with van der Waals surface area (Å²) in [6.07, 6.45) is 10.1. The summed E-state index contributed by atoms with van der Waals surface area (Å²) in [6.45, 7) is 12.2. The summed E-state index contributed by atoms with van der Waals surface area (Å²) in [5.74, 6) is 3.71.